The number of halogens is 1. The molecule has 0 aliphatic rings. The van der Waals surface area contributed by atoms with Crippen LogP contribution in [-0.2, 0) is 19.5 Å². The van der Waals surface area contributed by atoms with Crippen molar-refractivity contribution >= 4 is 17.0 Å². The molecule has 0 rings (SSSR count). The van der Waals surface area contributed by atoms with E-state index >= 15 is 0 Å². The van der Waals surface area contributed by atoms with Crippen LogP contribution in [0.2, 0.25) is 0 Å². The zero-order chi connectivity index (χ0) is 4.83. The van der Waals surface area contributed by atoms with Gasteiger partial charge < -0.3 is 6.92 Å². The Morgan fingerprint density at radius 3 is 1.88 bits per heavy atom. The van der Waals surface area contributed by atoms with E-state index in [0.717, 1.165) is 6.42 Å². The maximum atomic E-state index is 3.72. The fourth-order valence-electron chi connectivity index (χ4n) is 0.427. The molecular weight excluding hydrogens is 217 g/mol. The molecule has 0 spiro atoms. The second-order valence-electron chi connectivity index (χ2n) is 1.56. The fourth-order valence-corrected chi connectivity index (χ4v) is 0.427. The minimum absolute atomic E-state index is 0. The summed E-state index contributed by atoms with van der Waals surface area (Å²) in [6.07, 6.45) is 5.07. The molecule has 0 aliphatic carbocycles. The smallest absolute Gasteiger partial charge is 0 e. The Balaban J connectivity index is -0.000000125. The summed E-state index contributed by atoms with van der Waals surface area (Å²) < 4.78 is 0. The van der Waals surface area contributed by atoms with Gasteiger partial charge in [-0.1, -0.05) is 26.2 Å². The van der Waals surface area contributed by atoms with Crippen LogP contribution in [0.25, 0.3) is 0 Å². The van der Waals surface area contributed by atoms with Crippen LogP contribution in [0.4, 0.5) is 0 Å². The third-order valence-electron chi connectivity index (χ3n) is 0.854. The van der Waals surface area contributed by atoms with Crippen molar-refractivity contribution in [3.05, 3.63) is 6.92 Å². The van der Waals surface area contributed by atoms with Crippen molar-refractivity contribution in [1.29, 1.82) is 0 Å². The van der Waals surface area contributed by atoms with Crippen molar-refractivity contribution in [2.24, 2.45) is 0 Å². The molecule has 0 nitrogen and oxygen atoms in total. The van der Waals surface area contributed by atoms with E-state index in [2.05, 4.69) is 13.8 Å². The Labute approximate surface area is 76.0 Å². The van der Waals surface area contributed by atoms with E-state index in [-0.39, 0.29) is 36.5 Å². The molecule has 0 unspecified atom stereocenters. The van der Waals surface area contributed by atoms with Gasteiger partial charge >= 0.3 is 0 Å². The van der Waals surface area contributed by atoms with E-state index in [1.54, 1.807) is 0 Å². The molecule has 0 aromatic carbocycles. The predicted molar refractivity (Wildman–Crippen MR) is 39.8 cm³/mol. The summed E-state index contributed by atoms with van der Waals surface area (Å²) in [4.78, 5) is 0. The average molecular weight is 231 g/mol. The molecule has 0 saturated heterocycles. The molecule has 0 N–H and O–H groups in total. The van der Waals surface area contributed by atoms with Crippen LogP contribution in [0.3, 0.4) is 0 Å². The van der Waals surface area contributed by atoms with E-state index in [9.17, 15) is 0 Å². The van der Waals surface area contributed by atoms with Crippen LogP contribution in [0.1, 0.15) is 32.6 Å². The first-order valence-electron chi connectivity index (χ1n) is 2.71. The van der Waals surface area contributed by atoms with Crippen LogP contribution in [0.15, 0.2) is 0 Å². The summed E-state index contributed by atoms with van der Waals surface area (Å²) in [6.45, 7) is 5.93. The van der Waals surface area contributed by atoms with Gasteiger partial charge in [-0.25, -0.2) is 0 Å². The molecule has 0 saturated carbocycles. The van der Waals surface area contributed by atoms with Gasteiger partial charge in [0.1, 0.15) is 0 Å². The third-order valence-corrected chi connectivity index (χ3v) is 0.854. The molecule has 0 amide bonds. The van der Waals surface area contributed by atoms with Crippen LogP contribution in [0, 0.1) is 6.92 Å². The first-order chi connectivity index (χ1) is 2.91. The molecule has 48 valence electrons. The van der Waals surface area contributed by atoms with Crippen LogP contribution in [-0.4, -0.2) is 0 Å². The number of hydrogen-bond acceptors (Lipinski definition) is 0. The fraction of sp³-hybridized carbons (Fsp3) is 0.833. The van der Waals surface area contributed by atoms with E-state index < -0.39 is 0 Å². The molecular formula is C6H14BrZn-. The molecule has 0 radical (unpaired) electrons. The van der Waals surface area contributed by atoms with Crippen molar-refractivity contribution in [2.45, 2.75) is 32.6 Å². The van der Waals surface area contributed by atoms with Crippen molar-refractivity contribution in [1.82, 2.24) is 0 Å². The zero-order valence-electron chi connectivity index (χ0n) is 5.65. The SMILES string of the molecule is Br.[CH2-]CCCCC.[Zn]. The zero-order valence-corrected chi connectivity index (χ0v) is 10.3. The Bertz CT molecular complexity index is 20.5. The van der Waals surface area contributed by atoms with Crippen molar-refractivity contribution < 1.29 is 19.5 Å². The van der Waals surface area contributed by atoms with Gasteiger partial charge in [-0.05, 0) is 0 Å². The second-order valence-corrected chi connectivity index (χ2v) is 1.56. The van der Waals surface area contributed by atoms with Crippen molar-refractivity contribution in [3.8, 4) is 0 Å². The number of hydrogen-bond donors (Lipinski definition) is 0. The third kappa shape index (κ3) is 15.7. The Morgan fingerprint density at radius 1 is 1.25 bits per heavy atom. The first-order valence-corrected chi connectivity index (χ1v) is 2.71. The number of rotatable bonds is 3. The molecule has 0 aromatic rings. The average Bonchev–Trinajstić information content (AvgIpc) is 1.61. The van der Waals surface area contributed by atoms with E-state index in [0.29, 0.717) is 0 Å². The second kappa shape index (κ2) is 15.7. The van der Waals surface area contributed by atoms with Gasteiger partial charge in [0.2, 0.25) is 0 Å². The van der Waals surface area contributed by atoms with Crippen LogP contribution < -0.4 is 0 Å². The van der Waals surface area contributed by atoms with Crippen molar-refractivity contribution in [3.63, 3.8) is 0 Å². The molecule has 0 atom stereocenters. The minimum atomic E-state index is 0. The molecule has 2 heteroatoms. The standard InChI is InChI=1S/C6H13.BrH.Zn/c1-3-5-6-4-2;;/h1,3-6H2,2H3;1H;/q-1;;. The van der Waals surface area contributed by atoms with Gasteiger partial charge in [0.25, 0.3) is 0 Å². The summed E-state index contributed by atoms with van der Waals surface area (Å²) in [5, 5.41) is 0. The quantitative estimate of drug-likeness (QED) is 0.398. The maximum absolute atomic E-state index is 3.72. The van der Waals surface area contributed by atoms with E-state index in [4.69, 9.17) is 0 Å². The van der Waals surface area contributed by atoms with Gasteiger partial charge in [-0.3, -0.25) is 0 Å². The van der Waals surface area contributed by atoms with Crippen LogP contribution in [0.5, 0.6) is 0 Å². The van der Waals surface area contributed by atoms with Gasteiger partial charge in [0, 0.05) is 19.5 Å². The minimum Gasteiger partial charge on any atom is -0.343 e. The van der Waals surface area contributed by atoms with Gasteiger partial charge in [-0.2, -0.15) is 6.42 Å². The molecule has 0 aliphatic heterocycles. The summed E-state index contributed by atoms with van der Waals surface area (Å²) >= 11 is 0. The molecule has 8 heavy (non-hydrogen) atoms. The van der Waals surface area contributed by atoms with Crippen molar-refractivity contribution in [2.75, 3.05) is 0 Å². The first kappa shape index (κ1) is 16.0. The summed E-state index contributed by atoms with van der Waals surface area (Å²) in [5.41, 5.74) is 0. The van der Waals surface area contributed by atoms with Gasteiger partial charge in [-0.15, -0.1) is 17.0 Å². The largest absolute Gasteiger partial charge is 0.343 e. The molecule has 0 aromatic heterocycles. The monoisotopic (exact) mass is 229 g/mol. The topological polar surface area (TPSA) is 0 Å². The Kier molecular flexibility index (Phi) is 31.5. The summed E-state index contributed by atoms with van der Waals surface area (Å²) in [7, 11) is 0. The Hall–Kier alpha value is 1.10. The molecule has 0 bridgehead atoms. The number of unbranched alkanes of at least 4 members (excludes halogenated alkanes) is 3. The summed E-state index contributed by atoms with van der Waals surface area (Å²) in [6, 6.07) is 0. The van der Waals surface area contributed by atoms with Gasteiger partial charge in [0.15, 0.2) is 0 Å². The van der Waals surface area contributed by atoms with E-state index in [1.165, 1.54) is 19.3 Å². The summed E-state index contributed by atoms with van der Waals surface area (Å²) in [5.74, 6) is 0. The molecule has 0 heterocycles. The van der Waals surface area contributed by atoms with E-state index in [1.807, 2.05) is 0 Å². The predicted octanol–water partition coefficient (Wildman–Crippen LogP) is 2.98. The van der Waals surface area contributed by atoms with Crippen LogP contribution >= 0.6 is 17.0 Å². The Morgan fingerprint density at radius 2 is 1.75 bits per heavy atom. The maximum Gasteiger partial charge on any atom is 0 e. The van der Waals surface area contributed by atoms with Gasteiger partial charge in [0.05, 0.1) is 0 Å². The molecule has 0 fully saturated rings. The normalized spacial score (nSPS) is 6.75.